The first-order valence-electron chi connectivity index (χ1n) is 8.11. The van der Waals surface area contributed by atoms with Gasteiger partial charge in [-0.25, -0.2) is 4.39 Å². The minimum atomic E-state index is -0.469. The van der Waals surface area contributed by atoms with Crippen molar-refractivity contribution in [3.05, 3.63) is 63.5 Å². The van der Waals surface area contributed by atoms with Crippen molar-refractivity contribution in [1.29, 1.82) is 0 Å². The van der Waals surface area contributed by atoms with Gasteiger partial charge in [-0.15, -0.1) is 0 Å². The summed E-state index contributed by atoms with van der Waals surface area (Å²) in [5, 5.41) is 3.60. The number of halogens is 3. The number of H-pyrrole nitrogens is 1. The summed E-state index contributed by atoms with van der Waals surface area (Å²) >= 11 is 12.4. The van der Waals surface area contributed by atoms with Gasteiger partial charge in [-0.1, -0.05) is 35.3 Å². The van der Waals surface area contributed by atoms with Crippen LogP contribution in [0.4, 0.5) is 10.1 Å². The van der Waals surface area contributed by atoms with Gasteiger partial charge in [-0.3, -0.25) is 9.59 Å². The topological polar surface area (TPSA) is 71.2 Å². The molecule has 0 atom stereocenters. The molecule has 5 nitrogen and oxygen atoms in total. The van der Waals surface area contributed by atoms with Crippen molar-refractivity contribution >= 4 is 51.7 Å². The van der Waals surface area contributed by atoms with E-state index in [1.807, 2.05) is 0 Å². The molecule has 0 aliphatic carbocycles. The standard InChI is InChI=1S/C19H15Cl2FN2O3/c1-2-27-17(25)7-10-6-14(21)16(8-13(10)20)24-19(26)12-9-23-18-11(12)4-3-5-15(18)22/h3-6,8-9,23H,2,7H2,1H3,(H,24,26). The van der Waals surface area contributed by atoms with Crippen molar-refractivity contribution in [2.45, 2.75) is 13.3 Å². The van der Waals surface area contributed by atoms with E-state index in [1.165, 1.54) is 30.5 Å². The third-order valence-electron chi connectivity index (χ3n) is 3.93. The Morgan fingerprint density at radius 3 is 2.74 bits per heavy atom. The average molecular weight is 409 g/mol. The number of anilines is 1. The molecule has 2 aromatic carbocycles. The number of ether oxygens (including phenoxy) is 1. The highest BCUT2D eigenvalue weighted by Crippen LogP contribution is 2.31. The zero-order chi connectivity index (χ0) is 19.6. The molecule has 0 saturated carbocycles. The molecule has 0 unspecified atom stereocenters. The second-order valence-electron chi connectivity index (χ2n) is 5.72. The van der Waals surface area contributed by atoms with Crippen molar-refractivity contribution in [2.75, 3.05) is 11.9 Å². The lowest BCUT2D eigenvalue weighted by Crippen LogP contribution is -2.12. The second kappa shape index (κ2) is 7.98. The zero-order valence-electron chi connectivity index (χ0n) is 14.2. The maximum atomic E-state index is 13.8. The van der Waals surface area contributed by atoms with Crippen LogP contribution < -0.4 is 5.32 Å². The summed E-state index contributed by atoms with van der Waals surface area (Å²) in [6.07, 6.45) is 1.40. The van der Waals surface area contributed by atoms with E-state index < -0.39 is 17.7 Å². The molecule has 0 aliphatic rings. The van der Waals surface area contributed by atoms with Crippen molar-refractivity contribution in [1.82, 2.24) is 4.98 Å². The predicted octanol–water partition coefficient (Wildman–Crippen LogP) is 4.97. The van der Waals surface area contributed by atoms with Crippen LogP contribution >= 0.6 is 23.2 Å². The SMILES string of the molecule is CCOC(=O)Cc1cc(Cl)c(NC(=O)c2c[nH]c3c(F)cccc23)cc1Cl. The molecule has 0 radical (unpaired) electrons. The first kappa shape index (κ1) is 19.2. The summed E-state index contributed by atoms with van der Waals surface area (Å²) < 4.78 is 18.7. The molecule has 0 saturated heterocycles. The first-order chi connectivity index (χ1) is 12.9. The van der Waals surface area contributed by atoms with Gasteiger partial charge in [-0.05, 0) is 30.7 Å². The van der Waals surface area contributed by atoms with Gasteiger partial charge in [0.05, 0.1) is 34.8 Å². The Morgan fingerprint density at radius 1 is 1.22 bits per heavy atom. The van der Waals surface area contributed by atoms with Crippen molar-refractivity contribution < 1.29 is 18.7 Å². The highest BCUT2D eigenvalue weighted by Gasteiger charge is 2.17. The number of amides is 1. The third-order valence-corrected chi connectivity index (χ3v) is 4.60. The van der Waals surface area contributed by atoms with Crippen LogP contribution in [-0.4, -0.2) is 23.5 Å². The Kier molecular flexibility index (Phi) is 5.68. The van der Waals surface area contributed by atoms with E-state index >= 15 is 0 Å². The van der Waals surface area contributed by atoms with Crippen LogP contribution in [0, 0.1) is 5.82 Å². The Morgan fingerprint density at radius 2 is 2.00 bits per heavy atom. The number of rotatable bonds is 5. The highest BCUT2D eigenvalue weighted by atomic mass is 35.5. The van der Waals surface area contributed by atoms with E-state index in [-0.39, 0.29) is 39.8 Å². The Labute approximate surface area is 164 Å². The van der Waals surface area contributed by atoms with Crippen LogP contribution in [0.15, 0.2) is 36.5 Å². The molecular formula is C19H15Cl2FN2O3. The van der Waals surface area contributed by atoms with Crippen LogP contribution in [0.5, 0.6) is 0 Å². The molecule has 0 spiro atoms. The van der Waals surface area contributed by atoms with Gasteiger partial charge in [0.25, 0.3) is 5.91 Å². The van der Waals surface area contributed by atoms with Crippen molar-refractivity contribution in [3.63, 3.8) is 0 Å². The molecule has 3 rings (SSSR count). The van der Waals surface area contributed by atoms with Gasteiger partial charge >= 0.3 is 5.97 Å². The minimum Gasteiger partial charge on any atom is -0.466 e. The maximum absolute atomic E-state index is 13.8. The number of hydrogen-bond donors (Lipinski definition) is 2. The van der Waals surface area contributed by atoms with E-state index in [4.69, 9.17) is 27.9 Å². The molecule has 1 amide bonds. The molecular weight excluding hydrogens is 394 g/mol. The van der Waals surface area contributed by atoms with E-state index in [0.29, 0.717) is 10.9 Å². The number of esters is 1. The molecule has 0 fully saturated rings. The average Bonchev–Trinajstić information content (AvgIpc) is 3.05. The summed E-state index contributed by atoms with van der Waals surface area (Å²) in [4.78, 5) is 26.9. The number of hydrogen-bond acceptors (Lipinski definition) is 3. The molecule has 0 aliphatic heterocycles. The summed E-state index contributed by atoms with van der Waals surface area (Å²) in [7, 11) is 0. The lowest BCUT2D eigenvalue weighted by Gasteiger charge is -2.11. The molecule has 3 aromatic rings. The first-order valence-corrected chi connectivity index (χ1v) is 8.86. The lowest BCUT2D eigenvalue weighted by molar-refractivity contribution is -0.142. The predicted molar refractivity (Wildman–Crippen MR) is 103 cm³/mol. The van der Waals surface area contributed by atoms with Gasteiger partial charge in [0.15, 0.2) is 0 Å². The van der Waals surface area contributed by atoms with Gasteiger partial charge in [0.2, 0.25) is 0 Å². The summed E-state index contributed by atoms with van der Waals surface area (Å²) in [5.41, 5.74) is 1.29. The van der Waals surface area contributed by atoms with Crippen LogP contribution in [0.25, 0.3) is 10.9 Å². The minimum absolute atomic E-state index is 0.0255. The monoisotopic (exact) mass is 408 g/mol. The van der Waals surface area contributed by atoms with Gasteiger partial charge in [-0.2, -0.15) is 0 Å². The number of carbonyl (C=O) groups is 2. The van der Waals surface area contributed by atoms with E-state index in [0.717, 1.165) is 0 Å². The quantitative estimate of drug-likeness (QED) is 0.585. The number of fused-ring (bicyclic) bond motifs is 1. The third kappa shape index (κ3) is 4.07. The van der Waals surface area contributed by atoms with Gasteiger partial charge in [0.1, 0.15) is 5.82 Å². The Hall–Kier alpha value is -2.57. The van der Waals surface area contributed by atoms with E-state index in [2.05, 4.69) is 10.3 Å². The lowest BCUT2D eigenvalue weighted by atomic mass is 10.1. The van der Waals surface area contributed by atoms with Gasteiger partial charge in [0, 0.05) is 16.6 Å². The normalized spacial score (nSPS) is 10.8. The summed E-state index contributed by atoms with van der Waals surface area (Å²) in [5.74, 6) is -1.34. The number of benzene rings is 2. The maximum Gasteiger partial charge on any atom is 0.310 e. The van der Waals surface area contributed by atoms with Crippen LogP contribution in [0.2, 0.25) is 10.0 Å². The van der Waals surface area contributed by atoms with E-state index in [9.17, 15) is 14.0 Å². The number of carbonyl (C=O) groups excluding carboxylic acids is 2. The van der Waals surface area contributed by atoms with Gasteiger partial charge < -0.3 is 15.0 Å². The molecule has 1 aromatic heterocycles. The molecule has 8 heteroatoms. The molecule has 2 N–H and O–H groups in total. The number of nitrogens with one attached hydrogen (secondary N) is 2. The molecule has 140 valence electrons. The summed E-state index contributed by atoms with van der Waals surface area (Å²) in [6, 6.07) is 7.44. The largest absolute Gasteiger partial charge is 0.466 e. The summed E-state index contributed by atoms with van der Waals surface area (Å²) in [6.45, 7) is 1.98. The number of para-hydroxylation sites is 1. The number of aromatic amines is 1. The van der Waals surface area contributed by atoms with E-state index in [1.54, 1.807) is 13.0 Å². The Bertz CT molecular complexity index is 1030. The van der Waals surface area contributed by atoms with Crippen LogP contribution in [0.1, 0.15) is 22.8 Å². The number of aromatic nitrogens is 1. The molecule has 27 heavy (non-hydrogen) atoms. The van der Waals surface area contributed by atoms with Crippen LogP contribution in [0.3, 0.4) is 0 Å². The zero-order valence-corrected chi connectivity index (χ0v) is 15.7. The Balaban J connectivity index is 1.84. The molecule has 0 bridgehead atoms. The fourth-order valence-electron chi connectivity index (χ4n) is 2.68. The fourth-order valence-corrected chi connectivity index (χ4v) is 3.15. The van der Waals surface area contributed by atoms with Crippen molar-refractivity contribution in [2.24, 2.45) is 0 Å². The van der Waals surface area contributed by atoms with Crippen LogP contribution in [-0.2, 0) is 16.0 Å². The highest BCUT2D eigenvalue weighted by molar-refractivity contribution is 6.36. The smallest absolute Gasteiger partial charge is 0.310 e. The fraction of sp³-hybridized carbons (Fsp3) is 0.158. The van der Waals surface area contributed by atoms with Crippen molar-refractivity contribution in [3.8, 4) is 0 Å². The molecule has 1 heterocycles. The second-order valence-corrected chi connectivity index (χ2v) is 6.54.